The lowest BCUT2D eigenvalue weighted by Gasteiger charge is -2.37. The van der Waals surface area contributed by atoms with Crippen molar-refractivity contribution in [1.29, 1.82) is 5.41 Å². The molecule has 2 N–H and O–H groups in total. The van der Waals surface area contributed by atoms with E-state index in [0.29, 0.717) is 18.8 Å². The Morgan fingerprint density at radius 3 is 2.76 bits per heavy atom. The van der Waals surface area contributed by atoms with Gasteiger partial charge >= 0.3 is 12.1 Å². The summed E-state index contributed by atoms with van der Waals surface area (Å²) in [5.41, 5.74) is 0.591. The van der Waals surface area contributed by atoms with Crippen molar-refractivity contribution in [2.45, 2.75) is 38.5 Å². The minimum atomic E-state index is -5.12. The number of alkyl halides is 3. The zero-order valence-corrected chi connectivity index (χ0v) is 15.7. The molecular weight excluding hydrogens is 391 g/mol. The van der Waals surface area contributed by atoms with Gasteiger partial charge < -0.3 is 10.2 Å². The van der Waals surface area contributed by atoms with E-state index in [1.54, 1.807) is 4.90 Å². The largest absolute Gasteiger partial charge is 0.471 e. The number of Topliss-reactive ketones (excluding diaryl/α,β-unsaturated/α-hetero) is 1. The van der Waals surface area contributed by atoms with E-state index >= 15 is 0 Å². The van der Waals surface area contributed by atoms with Crippen LogP contribution in [0.25, 0.3) is 0 Å². The summed E-state index contributed by atoms with van der Waals surface area (Å²) in [7, 11) is 0. The predicted molar refractivity (Wildman–Crippen MR) is 95.3 cm³/mol. The summed E-state index contributed by atoms with van der Waals surface area (Å²) in [5.74, 6) is -3.31. The predicted octanol–water partition coefficient (Wildman–Crippen LogP) is 1.09. The van der Waals surface area contributed by atoms with Gasteiger partial charge in [-0.3, -0.25) is 29.7 Å². The fourth-order valence-corrected chi connectivity index (χ4v) is 3.62. The zero-order chi connectivity index (χ0) is 21.3. The number of carbonyl (C=O) groups is 3. The second kappa shape index (κ2) is 7.90. The number of halogens is 3. The van der Waals surface area contributed by atoms with Gasteiger partial charge in [-0.1, -0.05) is 0 Å². The molecule has 2 aliphatic heterocycles. The quantitative estimate of drug-likeness (QED) is 0.570. The summed E-state index contributed by atoms with van der Waals surface area (Å²) in [4.78, 5) is 43.0. The highest BCUT2D eigenvalue weighted by atomic mass is 19.4. The van der Waals surface area contributed by atoms with Crippen molar-refractivity contribution in [3.63, 3.8) is 0 Å². The lowest BCUT2D eigenvalue weighted by Crippen LogP contribution is -2.49. The van der Waals surface area contributed by atoms with Crippen molar-refractivity contribution in [2.75, 3.05) is 19.6 Å². The number of aromatic nitrogens is 1. The highest BCUT2D eigenvalue weighted by molar-refractivity contribution is 6.09. The number of amidine groups is 1. The summed E-state index contributed by atoms with van der Waals surface area (Å²) in [6.45, 7) is 3.44. The standard InChI is InChI=1S/C18H20F3N5O3/c1-10(27)7-25-4-2-3-12(8-25)26-9-14-13(16(26)28)5-11(6-23-14)15(22)24-17(29)18(19,20)21/h5-6,12H,2-4,7-9H2,1H3,(H2,22,24,29). The maximum atomic E-state index is 12.8. The first-order chi connectivity index (χ1) is 13.6. The van der Waals surface area contributed by atoms with Crippen LogP contribution in [0.3, 0.4) is 0 Å². The molecule has 0 aliphatic carbocycles. The number of pyridine rings is 1. The van der Waals surface area contributed by atoms with Crippen molar-refractivity contribution in [1.82, 2.24) is 20.1 Å². The molecule has 29 heavy (non-hydrogen) atoms. The molecule has 3 rings (SSSR count). The van der Waals surface area contributed by atoms with Crippen LogP contribution in [0.1, 0.15) is 41.4 Å². The second-order valence-electron chi connectivity index (χ2n) is 7.21. The Morgan fingerprint density at radius 2 is 2.10 bits per heavy atom. The Morgan fingerprint density at radius 1 is 1.38 bits per heavy atom. The van der Waals surface area contributed by atoms with Gasteiger partial charge in [0.1, 0.15) is 11.6 Å². The molecule has 0 aromatic carbocycles. The lowest BCUT2D eigenvalue weighted by atomic mass is 10.0. The SMILES string of the molecule is CC(=O)CN1CCCC(N2Cc3ncc(C(=N)NC(=O)C(F)(F)F)cc3C2=O)C1. The second-order valence-corrected chi connectivity index (χ2v) is 7.21. The van der Waals surface area contributed by atoms with Gasteiger partial charge in [-0.05, 0) is 32.4 Å². The van der Waals surface area contributed by atoms with Gasteiger partial charge in [-0.25, -0.2) is 0 Å². The van der Waals surface area contributed by atoms with Gasteiger partial charge in [0.25, 0.3) is 5.91 Å². The average Bonchev–Trinajstić information content (AvgIpc) is 2.97. The summed E-state index contributed by atoms with van der Waals surface area (Å²) in [6.07, 6.45) is -2.34. The van der Waals surface area contributed by atoms with Gasteiger partial charge in [0.15, 0.2) is 0 Å². The number of carbonyl (C=O) groups excluding carboxylic acids is 3. The van der Waals surface area contributed by atoms with Crippen LogP contribution in [-0.2, 0) is 16.1 Å². The maximum absolute atomic E-state index is 12.8. The lowest BCUT2D eigenvalue weighted by molar-refractivity contribution is -0.171. The van der Waals surface area contributed by atoms with Crippen molar-refractivity contribution in [3.8, 4) is 0 Å². The summed E-state index contributed by atoms with van der Waals surface area (Å²) in [5, 5.41) is 9.13. The zero-order valence-electron chi connectivity index (χ0n) is 15.7. The van der Waals surface area contributed by atoms with Crippen LogP contribution in [0.2, 0.25) is 0 Å². The molecule has 8 nitrogen and oxygen atoms in total. The third kappa shape index (κ3) is 4.61. The Balaban J connectivity index is 1.72. The van der Waals surface area contributed by atoms with Gasteiger partial charge in [0.2, 0.25) is 0 Å². The molecule has 0 spiro atoms. The number of fused-ring (bicyclic) bond motifs is 1. The maximum Gasteiger partial charge on any atom is 0.471 e. The first-order valence-electron chi connectivity index (χ1n) is 9.05. The Bertz CT molecular complexity index is 871. The number of likely N-dealkylation sites (tertiary alicyclic amines) is 1. The van der Waals surface area contributed by atoms with E-state index in [9.17, 15) is 27.6 Å². The van der Waals surface area contributed by atoms with Gasteiger partial charge in [-0.15, -0.1) is 0 Å². The molecular formula is C18H20F3N5O3. The highest BCUT2D eigenvalue weighted by Gasteiger charge is 2.40. The average molecular weight is 411 g/mol. The molecule has 1 aromatic rings. The van der Waals surface area contributed by atoms with E-state index in [0.717, 1.165) is 25.6 Å². The third-order valence-electron chi connectivity index (χ3n) is 4.93. The molecule has 2 aliphatic rings. The molecule has 0 bridgehead atoms. The van der Waals surface area contributed by atoms with Crippen LogP contribution in [0.4, 0.5) is 13.2 Å². The van der Waals surface area contributed by atoms with E-state index in [2.05, 4.69) is 4.98 Å². The van der Waals surface area contributed by atoms with Gasteiger partial charge in [0.05, 0.1) is 24.3 Å². The number of hydrogen-bond acceptors (Lipinski definition) is 6. The number of ketones is 1. The monoisotopic (exact) mass is 411 g/mol. The van der Waals surface area contributed by atoms with Crippen molar-refractivity contribution < 1.29 is 27.6 Å². The van der Waals surface area contributed by atoms with Crippen LogP contribution in [-0.4, -0.2) is 70.1 Å². The van der Waals surface area contributed by atoms with E-state index in [1.165, 1.54) is 18.3 Å². The van der Waals surface area contributed by atoms with Crippen LogP contribution in [0.5, 0.6) is 0 Å². The minimum Gasteiger partial charge on any atom is -0.328 e. The molecule has 1 fully saturated rings. The van der Waals surface area contributed by atoms with Crippen LogP contribution >= 0.6 is 0 Å². The number of nitrogens with zero attached hydrogens (tertiary/aromatic N) is 3. The number of nitrogens with one attached hydrogen (secondary N) is 2. The first-order valence-corrected chi connectivity index (χ1v) is 9.05. The molecule has 11 heteroatoms. The van der Waals surface area contributed by atoms with Crippen molar-refractivity contribution >= 4 is 23.4 Å². The Hall–Kier alpha value is -2.82. The molecule has 3 heterocycles. The number of piperidine rings is 1. The first kappa shape index (κ1) is 20.9. The number of amides is 2. The van der Waals surface area contributed by atoms with Gasteiger partial charge in [0, 0.05) is 24.3 Å². The normalized spacial score (nSPS) is 19.8. The molecule has 1 atom stereocenters. The summed E-state index contributed by atoms with van der Waals surface area (Å²) in [6, 6.07) is 1.18. The third-order valence-corrected chi connectivity index (χ3v) is 4.93. The highest BCUT2D eigenvalue weighted by Crippen LogP contribution is 2.27. The smallest absolute Gasteiger partial charge is 0.328 e. The number of rotatable bonds is 4. The molecule has 0 saturated carbocycles. The molecule has 1 unspecified atom stereocenters. The van der Waals surface area contributed by atoms with Crippen LogP contribution < -0.4 is 5.32 Å². The summed E-state index contributed by atoms with van der Waals surface area (Å²) >= 11 is 0. The Kier molecular flexibility index (Phi) is 5.69. The fourth-order valence-electron chi connectivity index (χ4n) is 3.62. The molecule has 156 valence electrons. The van der Waals surface area contributed by atoms with E-state index in [1.807, 2.05) is 4.90 Å². The molecule has 0 radical (unpaired) electrons. The summed E-state index contributed by atoms with van der Waals surface area (Å²) < 4.78 is 37.1. The number of hydrogen-bond donors (Lipinski definition) is 2. The van der Waals surface area contributed by atoms with E-state index in [-0.39, 0.29) is 35.4 Å². The molecule has 1 aromatic heterocycles. The topological polar surface area (TPSA) is 106 Å². The van der Waals surface area contributed by atoms with Crippen LogP contribution in [0.15, 0.2) is 12.3 Å². The van der Waals surface area contributed by atoms with E-state index in [4.69, 9.17) is 5.41 Å². The molecule has 1 saturated heterocycles. The van der Waals surface area contributed by atoms with Crippen molar-refractivity contribution in [3.05, 3.63) is 29.1 Å². The Labute approximate surface area is 164 Å². The van der Waals surface area contributed by atoms with Crippen molar-refractivity contribution in [2.24, 2.45) is 0 Å². The van der Waals surface area contributed by atoms with E-state index < -0.39 is 17.9 Å². The minimum absolute atomic E-state index is 0.0485. The van der Waals surface area contributed by atoms with Crippen LogP contribution in [0, 0.1) is 5.41 Å². The van der Waals surface area contributed by atoms with Gasteiger partial charge in [-0.2, -0.15) is 13.2 Å². The fraction of sp³-hybridized carbons (Fsp3) is 0.500. The molecule has 2 amide bonds.